The van der Waals surface area contributed by atoms with Crippen LogP contribution in [-0.4, -0.2) is 27.8 Å². The summed E-state index contributed by atoms with van der Waals surface area (Å²) in [7, 11) is 0. The molecule has 0 aliphatic carbocycles. The number of hydrogen-bond acceptors (Lipinski definition) is 4. The third kappa shape index (κ3) is 4.24. The zero-order chi connectivity index (χ0) is 14.2. The van der Waals surface area contributed by atoms with Gasteiger partial charge in [0.05, 0.1) is 23.4 Å². The van der Waals surface area contributed by atoms with Crippen LogP contribution in [0.15, 0.2) is 35.6 Å². The number of benzene rings is 1. The Morgan fingerprint density at radius 3 is 2.95 bits per heavy atom. The first-order valence-electron chi connectivity index (χ1n) is 6.58. The van der Waals surface area contributed by atoms with Crippen LogP contribution in [-0.2, 0) is 0 Å². The molecule has 2 N–H and O–H groups in total. The molecule has 0 saturated carbocycles. The molecule has 0 aliphatic rings. The number of hydrogen-bond donors (Lipinski definition) is 2. The zero-order valence-corrected chi connectivity index (χ0v) is 12.2. The van der Waals surface area contributed by atoms with Gasteiger partial charge in [-0.2, -0.15) is 5.10 Å². The molecule has 104 valence electrons. The summed E-state index contributed by atoms with van der Waals surface area (Å²) in [6.07, 6.45) is 5.50. The molecule has 0 saturated heterocycles. The van der Waals surface area contributed by atoms with E-state index in [4.69, 9.17) is 12.2 Å². The van der Waals surface area contributed by atoms with Crippen molar-refractivity contribution in [1.29, 1.82) is 0 Å². The first-order chi connectivity index (χ1) is 9.79. The van der Waals surface area contributed by atoms with Crippen molar-refractivity contribution in [3.63, 3.8) is 0 Å². The van der Waals surface area contributed by atoms with Crippen LogP contribution in [0.4, 0.5) is 0 Å². The molecule has 0 atom stereocenters. The highest BCUT2D eigenvalue weighted by atomic mass is 32.1. The van der Waals surface area contributed by atoms with Gasteiger partial charge in [-0.3, -0.25) is 10.4 Å². The van der Waals surface area contributed by atoms with E-state index in [0.29, 0.717) is 10.8 Å². The molecule has 0 amide bonds. The third-order valence-corrected chi connectivity index (χ3v) is 2.88. The molecule has 1 aromatic heterocycles. The van der Waals surface area contributed by atoms with E-state index in [1.807, 2.05) is 24.3 Å². The summed E-state index contributed by atoms with van der Waals surface area (Å²) in [4.78, 5) is 8.74. The van der Waals surface area contributed by atoms with Crippen molar-refractivity contribution in [2.24, 2.45) is 5.10 Å². The van der Waals surface area contributed by atoms with Gasteiger partial charge in [0.15, 0.2) is 5.11 Å². The Hall–Kier alpha value is -2.08. The van der Waals surface area contributed by atoms with Crippen LogP contribution in [0.5, 0.6) is 0 Å². The summed E-state index contributed by atoms with van der Waals surface area (Å²) in [5, 5.41) is 7.63. The van der Waals surface area contributed by atoms with Gasteiger partial charge < -0.3 is 5.32 Å². The van der Waals surface area contributed by atoms with E-state index in [-0.39, 0.29) is 0 Å². The average Bonchev–Trinajstić information content (AvgIpc) is 2.47. The second-order valence-corrected chi connectivity index (χ2v) is 4.67. The third-order valence-electron chi connectivity index (χ3n) is 2.65. The summed E-state index contributed by atoms with van der Waals surface area (Å²) in [6.45, 7) is 2.99. The zero-order valence-electron chi connectivity index (χ0n) is 11.3. The number of para-hydroxylation sites is 2. The lowest BCUT2D eigenvalue weighted by molar-refractivity contribution is 0.745. The molecule has 6 heteroatoms. The second kappa shape index (κ2) is 7.49. The van der Waals surface area contributed by atoms with Gasteiger partial charge in [-0.1, -0.05) is 25.5 Å². The molecule has 1 heterocycles. The highest BCUT2D eigenvalue weighted by Gasteiger charge is 1.96. The van der Waals surface area contributed by atoms with E-state index in [9.17, 15) is 0 Å². The minimum absolute atomic E-state index is 0.517. The molecule has 1 aromatic carbocycles. The van der Waals surface area contributed by atoms with E-state index < -0.39 is 0 Å². The maximum atomic E-state index is 5.09. The second-order valence-electron chi connectivity index (χ2n) is 4.26. The van der Waals surface area contributed by atoms with Gasteiger partial charge in [0.2, 0.25) is 0 Å². The fourth-order valence-electron chi connectivity index (χ4n) is 1.61. The van der Waals surface area contributed by atoms with Crippen LogP contribution >= 0.6 is 12.2 Å². The van der Waals surface area contributed by atoms with Crippen LogP contribution < -0.4 is 10.7 Å². The summed E-state index contributed by atoms with van der Waals surface area (Å²) in [5.41, 5.74) is 5.16. The van der Waals surface area contributed by atoms with Crippen LogP contribution in [0.2, 0.25) is 0 Å². The molecule has 0 bridgehead atoms. The Bertz CT molecular complexity index is 611. The Morgan fingerprint density at radius 2 is 2.15 bits per heavy atom. The van der Waals surface area contributed by atoms with Crippen LogP contribution in [0.25, 0.3) is 11.0 Å². The summed E-state index contributed by atoms with van der Waals surface area (Å²) >= 11 is 5.09. The lowest BCUT2D eigenvalue weighted by atomic mass is 10.3. The minimum Gasteiger partial charge on any atom is -0.361 e. The van der Waals surface area contributed by atoms with E-state index in [1.54, 1.807) is 12.4 Å². The highest BCUT2D eigenvalue weighted by Crippen LogP contribution is 2.07. The van der Waals surface area contributed by atoms with Gasteiger partial charge in [0.1, 0.15) is 5.69 Å². The Kier molecular flexibility index (Phi) is 5.37. The fraction of sp³-hybridized carbons (Fsp3) is 0.286. The molecule has 20 heavy (non-hydrogen) atoms. The number of nitrogens with zero attached hydrogens (tertiary/aromatic N) is 3. The molecule has 0 aliphatic heterocycles. The molecule has 0 radical (unpaired) electrons. The topological polar surface area (TPSA) is 62.2 Å². The predicted molar refractivity (Wildman–Crippen MR) is 85.8 cm³/mol. The number of thiocarbonyl (C=S) groups is 1. The molecule has 2 rings (SSSR count). The van der Waals surface area contributed by atoms with Crippen LogP contribution in [0, 0.1) is 0 Å². The number of unbranched alkanes of at least 4 members (excludes halogenated alkanes) is 1. The standard InChI is InChI=1S/C14H17N5S/c1-2-3-8-15-14(20)19-17-10-11-9-16-12-6-4-5-7-13(12)18-11/h4-7,9-10H,2-3,8H2,1H3,(H2,15,19,20)/b17-10-. The van der Waals surface area contributed by atoms with E-state index in [0.717, 1.165) is 30.4 Å². The lowest BCUT2D eigenvalue weighted by Gasteiger charge is -2.05. The molecular formula is C14H17N5S. The number of rotatable bonds is 5. The number of fused-ring (bicyclic) bond motifs is 1. The first-order valence-corrected chi connectivity index (χ1v) is 6.99. The van der Waals surface area contributed by atoms with Crippen molar-refractivity contribution in [2.75, 3.05) is 6.54 Å². The highest BCUT2D eigenvalue weighted by molar-refractivity contribution is 7.80. The van der Waals surface area contributed by atoms with Crippen molar-refractivity contribution in [3.05, 3.63) is 36.2 Å². The minimum atomic E-state index is 0.517. The molecule has 0 fully saturated rings. The normalized spacial score (nSPS) is 10.8. The van der Waals surface area contributed by atoms with Crippen LogP contribution in [0.3, 0.4) is 0 Å². The van der Waals surface area contributed by atoms with Crippen molar-refractivity contribution in [3.8, 4) is 0 Å². The smallest absolute Gasteiger partial charge is 0.186 e. The molecule has 5 nitrogen and oxygen atoms in total. The SMILES string of the molecule is CCCCNC(=S)N/N=C\c1cnc2ccccc2n1. The van der Waals surface area contributed by atoms with Crippen LogP contribution in [0.1, 0.15) is 25.5 Å². The van der Waals surface area contributed by atoms with Gasteiger partial charge in [-0.25, -0.2) is 4.98 Å². The number of hydrazone groups is 1. The maximum Gasteiger partial charge on any atom is 0.186 e. The Balaban J connectivity index is 1.91. The van der Waals surface area contributed by atoms with Gasteiger partial charge in [-0.05, 0) is 30.8 Å². The summed E-state index contributed by atoms with van der Waals surface area (Å²) < 4.78 is 0. The summed E-state index contributed by atoms with van der Waals surface area (Å²) in [6, 6.07) is 7.72. The van der Waals surface area contributed by atoms with Gasteiger partial charge in [0.25, 0.3) is 0 Å². The molecular weight excluding hydrogens is 270 g/mol. The number of nitrogens with one attached hydrogen (secondary N) is 2. The van der Waals surface area contributed by atoms with Gasteiger partial charge >= 0.3 is 0 Å². The van der Waals surface area contributed by atoms with Crippen molar-refractivity contribution in [2.45, 2.75) is 19.8 Å². The van der Waals surface area contributed by atoms with Gasteiger partial charge in [0, 0.05) is 6.54 Å². The van der Waals surface area contributed by atoms with E-state index in [1.165, 1.54) is 0 Å². The predicted octanol–water partition coefficient (Wildman–Crippen LogP) is 2.23. The fourth-order valence-corrected chi connectivity index (χ4v) is 1.76. The monoisotopic (exact) mass is 287 g/mol. The van der Waals surface area contributed by atoms with Crippen molar-refractivity contribution >= 4 is 34.6 Å². The Morgan fingerprint density at radius 1 is 1.35 bits per heavy atom. The maximum absolute atomic E-state index is 5.09. The first kappa shape index (κ1) is 14.3. The van der Waals surface area contributed by atoms with Crippen molar-refractivity contribution < 1.29 is 0 Å². The molecule has 0 spiro atoms. The number of aromatic nitrogens is 2. The quantitative estimate of drug-likeness (QED) is 0.382. The summed E-state index contributed by atoms with van der Waals surface area (Å²) in [5.74, 6) is 0. The van der Waals surface area contributed by atoms with E-state index in [2.05, 4.69) is 32.7 Å². The Labute approximate surface area is 123 Å². The molecule has 0 unspecified atom stereocenters. The lowest BCUT2D eigenvalue weighted by Crippen LogP contribution is -2.32. The largest absolute Gasteiger partial charge is 0.361 e. The van der Waals surface area contributed by atoms with Gasteiger partial charge in [-0.15, -0.1) is 0 Å². The molecule has 2 aromatic rings. The van der Waals surface area contributed by atoms with Crippen molar-refractivity contribution in [1.82, 2.24) is 20.7 Å². The average molecular weight is 287 g/mol. The van der Waals surface area contributed by atoms with E-state index >= 15 is 0 Å².